The van der Waals surface area contributed by atoms with E-state index in [4.69, 9.17) is 34.8 Å². The number of phenolic OH excluding ortho intramolecular Hbond substituents is 1. The number of nitrogens with zero attached hydrogens (tertiary/aromatic N) is 2. The van der Waals surface area contributed by atoms with Crippen LogP contribution in [0.2, 0.25) is 15.1 Å². The predicted molar refractivity (Wildman–Crippen MR) is 104 cm³/mol. The minimum Gasteiger partial charge on any atom is -0.505 e. The highest BCUT2D eigenvalue weighted by Gasteiger charge is 2.27. The number of hydrogen-bond acceptors (Lipinski definition) is 4. The normalized spacial score (nSPS) is 14.9. The van der Waals surface area contributed by atoms with Crippen molar-refractivity contribution in [2.75, 3.05) is 13.1 Å². The van der Waals surface area contributed by atoms with E-state index in [1.165, 1.54) is 6.07 Å². The van der Waals surface area contributed by atoms with Gasteiger partial charge in [0.1, 0.15) is 11.3 Å². The molecule has 1 saturated heterocycles. The van der Waals surface area contributed by atoms with Crippen molar-refractivity contribution in [3.05, 3.63) is 56.8 Å². The number of aromatic hydroxyl groups is 1. The van der Waals surface area contributed by atoms with E-state index in [1.54, 1.807) is 29.4 Å². The highest BCUT2D eigenvalue weighted by molar-refractivity contribution is 6.45. The van der Waals surface area contributed by atoms with Crippen LogP contribution in [0, 0.1) is 0 Å². The number of halogens is 3. The van der Waals surface area contributed by atoms with Crippen molar-refractivity contribution in [1.29, 1.82) is 0 Å². The smallest absolute Gasteiger partial charge is 0.256 e. The highest BCUT2D eigenvalue weighted by Crippen LogP contribution is 2.38. The highest BCUT2D eigenvalue weighted by atomic mass is 35.5. The molecule has 2 amide bonds. The van der Waals surface area contributed by atoms with Crippen molar-refractivity contribution >= 4 is 46.6 Å². The number of amides is 2. The van der Waals surface area contributed by atoms with E-state index in [0.717, 1.165) is 0 Å². The van der Waals surface area contributed by atoms with Crippen LogP contribution in [0.25, 0.3) is 0 Å². The molecule has 2 aromatic rings. The summed E-state index contributed by atoms with van der Waals surface area (Å²) in [5.74, 6) is -1.03. The summed E-state index contributed by atoms with van der Waals surface area (Å²) in [5, 5.41) is 12.9. The molecule has 27 heavy (non-hydrogen) atoms. The molecule has 142 valence electrons. The molecule has 2 heterocycles. The third kappa shape index (κ3) is 4.29. The number of likely N-dealkylation sites (tertiary alicyclic amines) is 1. The number of aromatic nitrogens is 1. The van der Waals surface area contributed by atoms with Crippen LogP contribution in [0.15, 0.2) is 30.6 Å². The predicted octanol–water partition coefficient (Wildman–Crippen LogP) is 3.78. The monoisotopic (exact) mass is 427 g/mol. The molecule has 0 atom stereocenters. The van der Waals surface area contributed by atoms with Crippen molar-refractivity contribution < 1.29 is 14.7 Å². The first kappa shape index (κ1) is 19.7. The van der Waals surface area contributed by atoms with Crippen LogP contribution in [0.4, 0.5) is 0 Å². The molecule has 2 N–H and O–H groups in total. The van der Waals surface area contributed by atoms with Gasteiger partial charge in [0.25, 0.3) is 11.8 Å². The quantitative estimate of drug-likeness (QED) is 0.729. The number of piperidine rings is 1. The lowest BCUT2D eigenvalue weighted by molar-refractivity contribution is 0.0698. The molecule has 0 saturated carbocycles. The first-order valence-electron chi connectivity index (χ1n) is 8.25. The van der Waals surface area contributed by atoms with E-state index >= 15 is 0 Å². The molecule has 0 unspecified atom stereocenters. The second kappa shape index (κ2) is 8.33. The Morgan fingerprint density at radius 2 is 1.74 bits per heavy atom. The Labute approximate surface area is 171 Å². The van der Waals surface area contributed by atoms with E-state index in [2.05, 4.69) is 10.3 Å². The van der Waals surface area contributed by atoms with Gasteiger partial charge in [0.2, 0.25) is 0 Å². The second-order valence-electron chi connectivity index (χ2n) is 6.15. The van der Waals surface area contributed by atoms with Crippen molar-refractivity contribution in [2.24, 2.45) is 0 Å². The van der Waals surface area contributed by atoms with Gasteiger partial charge in [-0.25, -0.2) is 0 Å². The molecule has 9 heteroatoms. The molecule has 3 rings (SSSR count). The fraction of sp³-hybridized carbons (Fsp3) is 0.278. The van der Waals surface area contributed by atoms with Crippen molar-refractivity contribution in [2.45, 2.75) is 18.9 Å². The van der Waals surface area contributed by atoms with Gasteiger partial charge in [-0.05, 0) is 31.0 Å². The van der Waals surface area contributed by atoms with E-state index in [9.17, 15) is 14.7 Å². The summed E-state index contributed by atoms with van der Waals surface area (Å²) in [5.41, 5.74) is 0.433. The van der Waals surface area contributed by atoms with Crippen molar-refractivity contribution in [3.8, 4) is 5.75 Å². The number of carbonyl (C=O) groups excluding carboxylic acids is 2. The summed E-state index contributed by atoms with van der Waals surface area (Å²) in [7, 11) is 0. The lowest BCUT2D eigenvalue weighted by Crippen LogP contribution is -2.46. The van der Waals surface area contributed by atoms with E-state index < -0.39 is 11.7 Å². The zero-order chi connectivity index (χ0) is 19.6. The fourth-order valence-corrected chi connectivity index (χ4v) is 3.65. The maximum absolute atomic E-state index is 12.5. The first-order valence-corrected chi connectivity index (χ1v) is 9.38. The molecule has 1 aliphatic heterocycles. The zero-order valence-electron chi connectivity index (χ0n) is 14.1. The Bertz CT molecular complexity index is 843. The van der Waals surface area contributed by atoms with Gasteiger partial charge < -0.3 is 15.3 Å². The van der Waals surface area contributed by atoms with E-state index in [0.29, 0.717) is 31.5 Å². The molecular formula is C18H16Cl3N3O3. The lowest BCUT2D eigenvalue weighted by atomic mass is 10.0. The van der Waals surface area contributed by atoms with Gasteiger partial charge >= 0.3 is 0 Å². The van der Waals surface area contributed by atoms with Gasteiger partial charge in [0, 0.05) is 37.1 Å². The number of phenols is 1. The standard InChI is InChI=1S/C18H16Cl3N3O3/c19-12-9-13(20)16(25)14(15(12)21)17(26)23-11-3-7-24(8-4-11)18(27)10-1-5-22-6-2-10/h1-2,5-6,9,11,25H,3-4,7-8H2,(H,23,26). The minimum atomic E-state index is -0.555. The fourth-order valence-electron chi connectivity index (χ4n) is 2.95. The minimum absolute atomic E-state index is 0.0488. The summed E-state index contributed by atoms with van der Waals surface area (Å²) < 4.78 is 0. The SMILES string of the molecule is O=C(NC1CCN(C(=O)c2ccncc2)CC1)c1c(O)c(Cl)cc(Cl)c1Cl. The molecule has 0 aliphatic carbocycles. The van der Waals surface area contributed by atoms with Gasteiger partial charge in [-0.15, -0.1) is 0 Å². The number of nitrogens with one attached hydrogen (secondary N) is 1. The molecule has 0 bridgehead atoms. The summed E-state index contributed by atoms with van der Waals surface area (Å²) in [6, 6.07) is 4.46. The van der Waals surface area contributed by atoms with Crippen LogP contribution in [-0.2, 0) is 0 Å². The Morgan fingerprint density at radius 1 is 1.11 bits per heavy atom. The third-order valence-electron chi connectivity index (χ3n) is 4.42. The average Bonchev–Trinajstić information content (AvgIpc) is 2.67. The molecule has 6 nitrogen and oxygen atoms in total. The number of pyridine rings is 1. The zero-order valence-corrected chi connectivity index (χ0v) is 16.4. The number of carbonyl (C=O) groups is 2. The van der Waals surface area contributed by atoms with Gasteiger partial charge in [0.05, 0.1) is 15.1 Å². The Kier molecular flexibility index (Phi) is 6.09. The molecule has 0 spiro atoms. The Hall–Kier alpha value is -2.02. The van der Waals surface area contributed by atoms with Gasteiger partial charge in [0.15, 0.2) is 0 Å². The molecule has 1 fully saturated rings. The van der Waals surface area contributed by atoms with Crippen LogP contribution in [0.5, 0.6) is 5.75 Å². The molecule has 0 radical (unpaired) electrons. The van der Waals surface area contributed by atoms with Crippen molar-refractivity contribution in [3.63, 3.8) is 0 Å². The second-order valence-corrected chi connectivity index (χ2v) is 7.35. The maximum Gasteiger partial charge on any atom is 0.256 e. The first-order chi connectivity index (χ1) is 12.9. The summed E-state index contributed by atoms with van der Waals surface area (Å²) in [6.07, 6.45) is 4.31. The molecule has 1 aromatic carbocycles. The van der Waals surface area contributed by atoms with Gasteiger partial charge in [-0.3, -0.25) is 14.6 Å². The summed E-state index contributed by atoms with van der Waals surface area (Å²) in [4.78, 5) is 30.6. The largest absolute Gasteiger partial charge is 0.505 e. The Balaban J connectivity index is 1.63. The van der Waals surface area contributed by atoms with E-state index in [-0.39, 0.29) is 32.6 Å². The number of rotatable bonds is 3. The lowest BCUT2D eigenvalue weighted by Gasteiger charge is -2.32. The molecular weight excluding hydrogens is 413 g/mol. The van der Waals surface area contributed by atoms with Gasteiger partial charge in [-0.2, -0.15) is 0 Å². The maximum atomic E-state index is 12.5. The Morgan fingerprint density at radius 3 is 2.37 bits per heavy atom. The topological polar surface area (TPSA) is 82.5 Å². The number of benzene rings is 1. The van der Waals surface area contributed by atoms with Crippen LogP contribution in [-0.4, -0.2) is 45.9 Å². The molecule has 1 aromatic heterocycles. The third-order valence-corrected chi connectivity index (χ3v) is 5.49. The van der Waals surface area contributed by atoms with E-state index in [1.807, 2.05) is 0 Å². The van der Waals surface area contributed by atoms with Crippen LogP contribution < -0.4 is 5.32 Å². The van der Waals surface area contributed by atoms with Gasteiger partial charge in [-0.1, -0.05) is 34.8 Å². The van der Waals surface area contributed by atoms with Crippen LogP contribution in [0.1, 0.15) is 33.6 Å². The van der Waals surface area contributed by atoms with Crippen LogP contribution in [0.3, 0.4) is 0 Å². The number of hydrogen-bond donors (Lipinski definition) is 2. The van der Waals surface area contributed by atoms with Crippen molar-refractivity contribution in [1.82, 2.24) is 15.2 Å². The van der Waals surface area contributed by atoms with Crippen LogP contribution >= 0.6 is 34.8 Å². The average molecular weight is 429 g/mol. The summed E-state index contributed by atoms with van der Waals surface area (Å²) in [6.45, 7) is 1.00. The molecule has 1 aliphatic rings. The summed E-state index contributed by atoms with van der Waals surface area (Å²) >= 11 is 17.8.